The Bertz CT molecular complexity index is 452. The van der Waals surface area contributed by atoms with Crippen molar-refractivity contribution < 1.29 is 28.5 Å². The van der Waals surface area contributed by atoms with Crippen LogP contribution >= 0.6 is 40.0 Å². The Morgan fingerprint density at radius 3 is 2.05 bits per heavy atom. The number of ether oxygens (including phenoxy) is 2. The van der Waals surface area contributed by atoms with Crippen LogP contribution in [0, 0.1) is 6.92 Å². The fourth-order valence-electron chi connectivity index (χ4n) is 1.20. The molecule has 1 rings (SSSR count). The Balaban J connectivity index is 0.00000110. The summed E-state index contributed by atoms with van der Waals surface area (Å²) in [6.07, 6.45) is 0.650. The molecule has 0 fully saturated rings. The van der Waals surface area contributed by atoms with Crippen molar-refractivity contribution in [1.29, 1.82) is 0 Å². The molecule has 0 spiro atoms. The van der Waals surface area contributed by atoms with Crippen LogP contribution in [0.1, 0.15) is 32.3 Å². The Labute approximate surface area is 148 Å². The molecule has 0 unspecified atom stereocenters. The molecule has 0 N–H and O–H groups in total. The minimum atomic E-state index is -0.289. The number of aryl methyl sites for hydroxylation is 1. The van der Waals surface area contributed by atoms with Crippen molar-refractivity contribution in [2.45, 2.75) is 33.6 Å². The normalized spacial score (nSPS) is 9.05. The molecule has 111 valence electrons. The molecule has 1 aromatic carbocycles. The van der Waals surface area contributed by atoms with Crippen LogP contribution in [0.5, 0.6) is 11.5 Å². The quantitative estimate of drug-likeness (QED) is 0.323. The summed E-state index contributed by atoms with van der Waals surface area (Å²) >= 11 is 4.74. The van der Waals surface area contributed by atoms with Gasteiger partial charge in [0, 0.05) is 12.8 Å². The molecule has 0 amide bonds. The Morgan fingerprint density at radius 2 is 1.60 bits per heavy atom. The second-order valence-corrected chi connectivity index (χ2v) is 15.4. The van der Waals surface area contributed by atoms with Crippen molar-refractivity contribution in [2.24, 2.45) is 0 Å². The summed E-state index contributed by atoms with van der Waals surface area (Å²) in [6.45, 7) is 5.25. The van der Waals surface area contributed by atoms with Crippen LogP contribution in [-0.2, 0) is 19.1 Å². The predicted octanol–water partition coefficient (Wildman–Crippen LogP) is 4.39. The summed E-state index contributed by atoms with van der Waals surface area (Å²) in [7, 11) is 0.628. The third-order valence-electron chi connectivity index (χ3n) is 2.18. The summed E-state index contributed by atoms with van der Waals surface area (Å²) in [6, 6.07) is 4.91. The van der Waals surface area contributed by atoms with E-state index in [2.05, 4.69) is 40.0 Å². The van der Waals surface area contributed by atoms with Crippen molar-refractivity contribution in [3.05, 3.63) is 23.8 Å². The van der Waals surface area contributed by atoms with Gasteiger partial charge < -0.3 is 9.47 Å². The number of hydrogen-bond donors (Lipinski definition) is 0. The third kappa shape index (κ3) is 8.48. The monoisotopic (exact) mass is 541 g/mol. The summed E-state index contributed by atoms with van der Waals surface area (Å²) in [5, 5.41) is 0. The van der Waals surface area contributed by atoms with E-state index in [0.29, 0.717) is 33.8 Å². The van der Waals surface area contributed by atoms with E-state index in [1.54, 1.807) is 39.0 Å². The van der Waals surface area contributed by atoms with E-state index in [0.717, 1.165) is 5.56 Å². The summed E-state index contributed by atoms with van der Waals surface area (Å²) in [5.41, 5.74) is 0.758. The zero-order chi connectivity index (χ0) is 15.5. The third-order valence-corrected chi connectivity index (χ3v) is 2.18. The second kappa shape index (κ2) is 11.8. The molecule has 0 aliphatic heterocycles. The van der Waals surface area contributed by atoms with E-state index in [1.165, 1.54) is 0 Å². The molecule has 0 heterocycles. The summed E-state index contributed by atoms with van der Waals surface area (Å²) in [5.74, 6) is 0.382. The van der Waals surface area contributed by atoms with Crippen LogP contribution in [0.2, 0.25) is 0 Å². The van der Waals surface area contributed by atoms with E-state index in [-0.39, 0.29) is 11.9 Å². The first kappa shape index (κ1) is 20.2. The van der Waals surface area contributed by atoms with Gasteiger partial charge in [-0.15, -0.1) is 0 Å². The second-order valence-electron chi connectivity index (χ2n) is 3.65. The molecule has 0 bridgehead atoms. The number of esters is 2. The minimum absolute atomic E-state index is 0.286. The number of hydrogen-bond acceptors (Lipinski definition) is 4. The fraction of sp³-hybridized carbons (Fsp3) is 0.385. The fourth-order valence-corrected chi connectivity index (χ4v) is 1.20. The SMILES string of the molecule is CCC(=O)Oc1ccc(OC(=O)CC)c(C)c1.[I][V][I]. The molecule has 0 aliphatic carbocycles. The van der Waals surface area contributed by atoms with Gasteiger partial charge in [0.2, 0.25) is 0 Å². The summed E-state index contributed by atoms with van der Waals surface area (Å²) < 4.78 is 10.2. The van der Waals surface area contributed by atoms with Crippen LogP contribution in [0.4, 0.5) is 0 Å². The molecular weight excluding hydrogens is 525 g/mol. The Kier molecular flexibility index (Phi) is 11.9. The first-order chi connectivity index (χ1) is 9.48. The molecule has 0 aromatic heterocycles. The maximum absolute atomic E-state index is 11.1. The van der Waals surface area contributed by atoms with Gasteiger partial charge in [0.25, 0.3) is 0 Å². The van der Waals surface area contributed by atoms with Gasteiger partial charge >= 0.3 is 61.4 Å². The molecular formula is C13H16I2O4V. The van der Waals surface area contributed by atoms with Crippen molar-refractivity contribution >= 4 is 51.9 Å². The van der Waals surface area contributed by atoms with E-state index < -0.39 is 0 Å². The molecule has 7 heteroatoms. The Morgan fingerprint density at radius 1 is 1.10 bits per heavy atom. The van der Waals surface area contributed by atoms with Crippen LogP contribution in [0.15, 0.2) is 18.2 Å². The van der Waals surface area contributed by atoms with Gasteiger partial charge in [-0.05, 0) is 30.7 Å². The van der Waals surface area contributed by atoms with E-state index >= 15 is 0 Å². The predicted molar refractivity (Wildman–Crippen MR) is 91.1 cm³/mol. The van der Waals surface area contributed by atoms with Gasteiger partial charge in [-0.2, -0.15) is 0 Å². The van der Waals surface area contributed by atoms with Crippen molar-refractivity contribution in [3.63, 3.8) is 0 Å². The number of carbonyl (C=O) groups is 2. The van der Waals surface area contributed by atoms with E-state index in [9.17, 15) is 9.59 Å². The zero-order valence-corrected chi connectivity index (χ0v) is 17.2. The first-order valence-electron chi connectivity index (χ1n) is 5.92. The molecule has 0 atom stereocenters. The molecule has 0 saturated carbocycles. The number of halogens is 2. The number of benzene rings is 1. The van der Waals surface area contributed by atoms with Crippen molar-refractivity contribution in [1.82, 2.24) is 0 Å². The molecule has 0 saturated heterocycles. The van der Waals surface area contributed by atoms with E-state index in [4.69, 9.17) is 9.47 Å². The van der Waals surface area contributed by atoms with Gasteiger partial charge in [0.05, 0.1) is 0 Å². The first-order valence-corrected chi connectivity index (χ1v) is 14.9. The molecule has 4 nitrogen and oxygen atoms in total. The zero-order valence-electron chi connectivity index (χ0n) is 11.5. The van der Waals surface area contributed by atoms with E-state index in [1.807, 2.05) is 0 Å². The molecule has 0 radical (unpaired) electrons. The van der Waals surface area contributed by atoms with Crippen molar-refractivity contribution in [2.75, 3.05) is 0 Å². The average Bonchev–Trinajstić information content (AvgIpc) is 2.42. The van der Waals surface area contributed by atoms with Gasteiger partial charge in [0.1, 0.15) is 11.5 Å². The van der Waals surface area contributed by atoms with Crippen LogP contribution in [0.3, 0.4) is 0 Å². The number of carbonyl (C=O) groups excluding carboxylic acids is 2. The molecule has 0 aliphatic rings. The van der Waals surface area contributed by atoms with Gasteiger partial charge in [-0.3, -0.25) is 9.59 Å². The van der Waals surface area contributed by atoms with Crippen LogP contribution in [-0.4, -0.2) is 11.9 Å². The van der Waals surface area contributed by atoms with Gasteiger partial charge in [0.15, 0.2) is 0 Å². The Hall–Kier alpha value is 0.204. The van der Waals surface area contributed by atoms with Crippen molar-refractivity contribution in [3.8, 4) is 11.5 Å². The average molecular weight is 541 g/mol. The molecule has 1 aromatic rings. The van der Waals surface area contributed by atoms with Gasteiger partial charge in [-0.1, -0.05) is 13.8 Å². The van der Waals surface area contributed by atoms with Crippen LogP contribution < -0.4 is 9.47 Å². The van der Waals surface area contributed by atoms with Crippen LogP contribution in [0.25, 0.3) is 0 Å². The standard InChI is InChI=1S/C13H16O4.2HI.V/c1-4-12(14)16-10-6-7-11(9(3)8-10)17-13(15)5-2;;;/h6-8H,4-5H2,1-3H3;2*1H;/q;;;+2/p-2. The molecule has 20 heavy (non-hydrogen) atoms. The maximum atomic E-state index is 11.1. The topological polar surface area (TPSA) is 52.6 Å². The van der Waals surface area contributed by atoms with Gasteiger partial charge in [-0.25, -0.2) is 0 Å². The summed E-state index contributed by atoms with van der Waals surface area (Å²) in [4.78, 5) is 22.2. The number of rotatable bonds is 4.